The molecule has 0 aliphatic heterocycles. The van der Waals surface area contributed by atoms with E-state index in [1.54, 1.807) is 11.3 Å². The predicted octanol–water partition coefficient (Wildman–Crippen LogP) is 9.00. The van der Waals surface area contributed by atoms with Crippen LogP contribution < -0.4 is 0 Å². The van der Waals surface area contributed by atoms with Crippen LogP contribution >= 0.6 is 23.1 Å². The molecule has 0 spiro atoms. The van der Waals surface area contributed by atoms with Crippen molar-refractivity contribution in [3.63, 3.8) is 0 Å². The van der Waals surface area contributed by atoms with Gasteiger partial charge < -0.3 is 0 Å². The molecule has 0 saturated heterocycles. The fraction of sp³-hybridized carbons (Fsp3) is 0. The first-order valence-corrected chi connectivity index (χ1v) is 13.9. The van der Waals surface area contributed by atoms with Crippen molar-refractivity contribution in [2.75, 3.05) is 0 Å². The SMILES string of the molecule is c1ccc(-c2nc3cc(-c4ccc(-c5nc6ccccc6s5)cc4)ccc3c3c2ccc2nsnc23)cc1. The molecule has 178 valence electrons. The van der Waals surface area contributed by atoms with E-state index in [1.807, 2.05) is 18.2 Å². The summed E-state index contributed by atoms with van der Waals surface area (Å²) in [6, 6.07) is 38.0. The number of nitrogens with zero attached hydrogens (tertiary/aromatic N) is 4. The number of thiazole rings is 1. The van der Waals surface area contributed by atoms with Gasteiger partial charge in [-0.3, -0.25) is 0 Å². The third-order valence-electron chi connectivity index (χ3n) is 6.99. The van der Waals surface area contributed by atoms with Crippen molar-refractivity contribution < 1.29 is 0 Å². The normalized spacial score (nSPS) is 11.7. The van der Waals surface area contributed by atoms with Gasteiger partial charge in [-0.25, -0.2) is 9.97 Å². The maximum atomic E-state index is 5.19. The zero-order valence-corrected chi connectivity index (χ0v) is 21.6. The average molecular weight is 523 g/mol. The largest absolute Gasteiger partial charge is 0.247 e. The van der Waals surface area contributed by atoms with Gasteiger partial charge in [0.05, 0.1) is 33.2 Å². The zero-order chi connectivity index (χ0) is 25.1. The Bertz CT molecular complexity index is 2090. The highest BCUT2D eigenvalue weighted by Crippen LogP contribution is 2.38. The Labute approximate surface area is 226 Å². The lowest BCUT2D eigenvalue weighted by atomic mass is 9.96. The molecule has 6 heteroatoms. The highest BCUT2D eigenvalue weighted by Gasteiger charge is 2.16. The molecule has 0 amide bonds. The smallest absolute Gasteiger partial charge is 0.124 e. The Hall–Kier alpha value is -4.52. The van der Waals surface area contributed by atoms with Crippen molar-refractivity contribution in [2.24, 2.45) is 0 Å². The van der Waals surface area contributed by atoms with Gasteiger partial charge in [-0.1, -0.05) is 78.9 Å². The minimum absolute atomic E-state index is 0.920. The number of hydrogen-bond donors (Lipinski definition) is 0. The van der Waals surface area contributed by atoms with Gasteiger partial charge in [0.15, 0.2) is 0 Å². The fourth-order valence-electron chi connectivity index (χ4n) is 5.13. The topological polar surface area (TPSA) is 51.6 Å². The molecule has 0 radical (unpaired) electrons. The van der Waals surface area contributed by atoms with Crippen molar-refractivity contribution in [3.8, 4) is 33.0 Å². The molecule has 4 nitrogen and oxygen atoms in total. The third kappa shape index (κ3) is 3.42. The second-order valence-corrected chi connectivity index (χ2v) is 10.8. The number of para-hydroxylation sites is 1. The summed E-state index contributed by atoms with van der Waals surface area (Å²) < 4.78 is 10.4. The highest BCUT2D eigenvalue weighted by atomic mass is 32.1. The van der Waals surface area contributed by atoms with Crippen LogP contribution in [0.25, 0.3) is 75.9 Å². The Balaban J connectivity index is 1.29. The van der Waals surface area contributed by atoms with Crippen molar-refractivity contribution in [2.45, 2.75) is 0 Å². The van der Waals surface area contributed by atoms with E-state index in [9.17, 15) is 0 Å². The minimum atomic E-state index is 0.920. The van der Waals surface area contributed by atoms with E-state index in [2.05, 4.69) is 99.7 Å². The maximum Gasteiger partial charge on any atom is 0.124 e. The van der Waals surface area contributed by atoms with Crippen LogP contribution in [-0.4, -0.2) is 18.7 Å². The molecule has 0 unspecified atom stereocenters. The van der Waals surface area contributed by atoms with Gasteiger partial charge in [0.1, 0.15) is 16.0 Å². The zero-order valence-electron chi connectivity index (χ0n) is 20.0. The summed E-state index contributed by atoms with van der Waals surface area (Å²) in [7, 11) is 0. The molecule has 0 saturated carbocycles. The molecular formula is C32H18N4S2. The minimum Gasteiger partial charge on any atom is -0.247 e. The van der Waals surface area contributed by atoms with E-state index in [-0.39, 0.29) is 0 Å². The number of aromatic nitrogens is 4. The number of fused-ring (bicyclic) bond motifs is 6. The van der Waals surface area contributed by atoms with E-state index in [1.165, 1.54) is 16.4 Å². The molecule has 3 heterocycles. The van der Waals surface area contributed by atoms with Crippen LogP contribution in [0.2, 0.25) is 0 Å². The lowest BCUT2D eigenvalue weighted by Crippen LogP contribution is -1.91. The van der Waals surface area contributed by atoms with E-state index in [0.717, 1.165) is 71.2 Å². The number of benzene rings is 5. The Morgan fingerprint density at radius 1 is 0.500 bits per heavy atom. The maximum absolute atomic E-state index is 5.19. The first-order chi connectivity index (χ1) is 18.8. The summed E-state index contributed by atoms with van der Waals surface area (Å²) in [5.74, 6) is 0. The van der Waals surface area contributed by atoms with Crippen molar-refractivity contribution in [1.82, 2.24) is 18.7 Å². The summed E-state index contributed by atoms with van der Waals surface area (Å²) in [4.78, 5) is 10.00. The van der Waals surface area contributed by atoms with Gasteiger partial charge in [-0.2, -0.15) is 8.75 Å². The first-order valence-electron chi connectivity index (χ1n) is 12.3. The second-order valence-electron chi connectivity index (χ2n) is 9.24. The van der Waals surface area contributed by atoms with E-state index in [4.69, 9.17) is 9.97 Å². The van der Waals surface area contributed by atoms with E-state index >= 15 is 0 Å². The lowest BCUT2D eigenvalue weighted by Gasteiger charge is -2.12. The second kappa shape index (κ2) is 8.52. The Morgan fingerprint density at radius 3 is 2.13 bits per heavy atom. The Morgan fingerprint density at radius 2 is 1.26 bits per heavy atom. The molecule has 0 bridgehead atoms. The molecule has 3 aromatic heterocycles. The monoisotopic (exact) mass is 522 g/mol. The standard InChI is InChI=1S/C32H18N4S2/c1-2-6-20(7-3-1)30-24-16-17-26-31(36-38-35-26)29(24)23-15-14-22(18-27(23)33-30)19-10-12-21(13-11-19)32-34-25-8-4-5-9-28(25)37-32/h1-18H. The molecule has 8 rings (SSSR count). The van der Waals surface area contributed by atoms with Gasteiger partial charge in [0, 0.05) is 27.3 Å². The third-order valence-corrected chi connectivity index (χ3v) is 8.62. The summed E-state index contributed by atoms with van der Waals surface area (Å²) in [6.45, 7) is 0. The van der Waals surface area contributed by atoms with E-state index in [0.29, 0.717) is 0 Å². The van der Waals surface area contributed by atoms with Crippen LogP contribution in [-0.2, 0) is 0 Å². The van der Waals surface area contributed by atoms with Crippen LogP contribution in [0.1, 0.15) is 0 Å². The summed E-state index contributed by atoms with van der Waals surface area (Å²) in [6.07, 6.45) is 0. The molecule has 38 heavy (non-hydrogen) atoms. The van der Waals surface area contributed by atoms with Crippen LogP contribution in [0.4, 0.5) is 0 Å². The first kappa shape index (κ1) is 21.6. The molecule has 0 fully saturated rings. The average Bonchev–Trinajstić information content (AvgIpc) is 3.64. The summed E-state index contributed by atoms with van der Waals surface area (Å²) in [5.41, 5.74) is 9.31. The Kier molecular flexibility index (Phi) is 4.83. The van der Waals surface area contributed by atoms with Crippen molar-refractivity contribution in [1.29, 1.82) is 0 Å². The molecule has 0 N–H and O–H groups in total. The molecule has 0 aliphatic rings. The number of rotatable bonds is 3. The van der Waals surface area contributed by atoms with Crippen LogP contribution in [0.15, 0.2) is 109 Å². The van der Waals surface area contributed by atoms with Gasteiger partial charge >= 0.3 is 0 Å². The lowest BCUT2D eigenvalue weighted by molar-refractivity contribution is 1.43. The molecule has 8 aromatic rings. The van der Waals surface area contributed by atoms with E-state index < -0.39 is 0 Å². The fourth-order valence-corrected chi connectivity index (χ4v) is 6.65. The van der Waals surface area contributed by atoms with Crippen LogP contribution in [0.3, 0.4) is 0 Å². The quantitative estimate of drug-likeness (QED) is 0.217. The molecular weight excluding hydrogens is 505 g/mol. The molecule has 0 atom stereocenters. The van der Waals surface area contributed by atoms with Gasteiger partial charge in [-0.05, 0) is 41.5 Å². The van der Waals surface area contributed by atoms with Gasteiger partial charge in [0.2, 0.25) is 0 Å². The number of hydrogen-bond acceptors (Lipinski definition) is 6. The van der Waals surface area contributed by atoms with Crippen molar-refractivity contribution >= 4 is 66.0 Å². The van der Waals surface area contributed by atoms with Crippen LogP contribution in [0.5, 0.6) is 0 Å². The highest BCUT2D eigenvalue weighted by molar-refractivity contribution is 7.21. The molecule has 0 aliphatic carbocycles. The summed E-state index contributed by atoms with van der Waals surface area (Å²) >= 11 is 2.98. The number of pyridine rings is 1. The molecule has 5 aromatic carbocycles. The van der Waals surface area contributed by atoms with Crippen molar-refractivity contribution in [3.05, 3.63) is 109 Å². The van der Waals surface area contributed by atoms with Gasteiger partial charge in [-0.15, -0.1) is 11.3 Å². The predicted molar refractivity (Wildman–Crippen MR) is 160 cm³/mol. The summed E-state index contributed by atoms with van der Waals surface area (Å²) in [5, 5.41) is 4.33. The van der Waals surface area contributed by atoms with Crippen LogP contribution in [0, 0.1) is 0 Å². The van der Waals surface area contributed by atoms with Gasteiger partial charge in [0.25, 0.3) is 0 Å².